The zero-order valence-electron chi connectivity index (χ0n) is 13.1. The lowest BCUT2D eigenvalue weighted by atomic mass is 9.83. The van der Waals surface area contributed by atoms with E-state index in [1.807, 2.05) is 33.9 Å². The minimum Gasteiger partial charge on any atom is -0.341 e. The molecule has 6 heteroatoms. The minimum absolute atomic E-state index is 0.0786. The third kappa shape index (κ3) is 2.72. The van der Waals surface area contributed by atoms with Crippen LogP contribution in [0.25, 0.3) is 0 Å². The van der Waals surface area contributed by atoms with E-state index in [9.17, 15) is 9.59 Å². The van der Waals surface area contributed by atoms with Crippen molar-refractivity contribution in [2.75, 3.05) is 13.1 Å². The molecule has 2 aliphatic heterocycles. The number of pyridine rings is 1. The van der Waals surface area contributed by atoms with Crippen molar-refractivity contribution in [3.63, 3.8) is 0 Å². The number of carbonyl (C=O) groups is 1. The summed E-state index contributed by atoms with van der Waals surface area (Å²) in [5.74, 6) is 0.803. The second kappa shape index (κ2) is 5.60. The van der Waals surface area contributed by atoms with E-state index in [1.165, 1.54) is 0 Å². The van der Waals surface area contributed by atoms with Crippen LogP contribution in [-0.2, 0) is 17.8 Å². The standard InChI is InChI=1S/C17H19N3O2S/c1-11-18-14(10-23-11)6-17(22)19-7-12-5-13(9-19)15-3-2-4-16(21)20(15)8-12/h2-4,10,12-13H,5-9H2,1H3/t12-,13+/m1/s1. The molecule has 2 aliphatic rings. The Bertz CT molecular complexity index is 810. The van der Waals surface area contributed by atoms with Crippen molar-refractivity contribution < 1.29 is 4.79 Å². The number of likely N-dealkylation sites (tertiary alicyclic amines) is 1. The second-order valence-corrected chi connectivity index (χ2v) is 7.59. The number of carbonyl (C=O) groups excluding carboxylic acids is 1. The van der Waals surface area contributed by atoms with Crippen LogP contribution in [0.2, 0.25) is 0 Å². The van der Waals surface area contributed by atoms with Gasteiger partial charge in [-0.15, -0.1) is 11.3 Å². The summed E-state index contributed by atoms with van der Waals surface area (Å²) in [5.41, 5.74) is 2.02. The lowest BCUT2D eigenvalue weighted by molar-refractivity contribution is -0.133. The lowest BCUT2D eigenvalue weighted by Crippen LogP contribution is -2.49. The molecule has 0 N–H and O–H groups in total. The molecule has 5 nitrogen and oxygen atoms in total. The van der Waals surface area contributed by atoms with Crippen LogP contribution in [0.3, 0.4) is 0 Å². The average molecular weight is 329 g/mol. The molecule has 1 fully saturated rings. The maximum atomic E-state index is 12.6. The molecule has 4 heterocycles. The Labute approximate surface area is 138 Å². The molecule has 1 amide bonds. The van der Waals surface area contributed by atoms with Gasteiger partial charge in [0.25, 0.3) is 5.56 Å². The van der Waals surface area contributed by atoms with E-state index >= 15 is 0 Å². The van der Waals surface area contributed by atoms with Crippen molar-refractivity contribution in [2.24, 2.45) is 5.92 Å². The van der Waals surface area contributed by atoms with Crippen LogP contribution in [0.15, 0.2) is 28.4 Å². The summed E-state index contributed by atoms with van der Waals surface area (Å²) in [6.45, 7) is 4.14. The molecule has 0 spiro atoms. The van der Waals surface area contributed by atoms with Gasteiger partial charge in [-0.1, -0.05) is 6.07 Å². The van der Waals surface area contributed by atoms with Crippen LogP contribution in [0, 0.1) is 12.8 Å². The topological polar surface area (TPSA) is 55.2 Å². The van der Waals surface area contributed by atoms with Crippen LogP contribution in [0.4, 0.5) is 0 Å². The number of thiazole rings is 1. The third-order valence-electron chi connectivity index (χ3n) is 4.83. The lowest BCUT2D eigenvalue weighted by Gasteiger charge is -2.42. The Hall–Kier alpha value is -1.95. The predicted octanol–water partition coefficient (Wildman–Crippen LogP) is 1.80. The van der Waals surface area contributed by atoms with Gasteiger partial charge in [0.1, 0.15) is 0 Å². The van der Waals surface area contributed by atoms with Gasteiger partial charge < -0.3 is 9.47 Å². The van der Waals surface area contributed by atoms with Gasteiger partial charge in [-0.3, -0.25) is 9.59 Å². The summed E-state index contributed by atoms with van der Waals surface area (Å²) in [7, 11) is 0. The average Bonchev–Trinajstić information content (AvgIpc) is 2.93. The number of rotatable bonds is 2. The highest BCUT2D eigenvalue weighted by Crippen LogP contribution is 2.35. The highest BCUT2D eigenvalue weighted by atomic mass is 32.1. The van der Waals surface area contributed by atoms with Crippen LogP contribution in [-0.4, -0.2) is 33.4 Å². The molecule has 23 heavy (non-hydrogen) atoms. The number of aryl methyl sites for hydroxylation is 1. The molecule has 120 valence electrons. The zero-order chi connectivity index (χ0) is 16.0. The first kappa shape index (κ1) is 14.6. The molecule has 0 unspecified atom stereocenters. The summed E-state index contributed by atoms with van der Waals surface area (Å²) in [4.78, 5) is 31.0. The van der Waals surface area contributed by atoms with Crippen LogP contribution in [0.1, 0.15) is 28.7 Å². The summed E-state index contributed by atoms with van der Waals surface area (Å²) in [5, 5.41) is 2.96. The van der Waals surface area contributed by atoms with E-state index in [0.29, 0.717) is 18.9 Å². The van der Waals surface area contributed by atoms with Gasteiger partial charge in [0.2, 0.25) is 5.91 Å². The third-order valence-corrected chi connectivity index (χ3v) is 5.65. The normalized spacial score (nSPS) is 22.7. The maximum absolute atomic E-state index is 12.6. The molecule has 1 saturated heterocycles. The van der Waals surface area contributed by atoms with Gasteiger partial charge in [0.05, 0.1) is 17.1 Å². The monoisotopic (exact) mass is 329 g/mol. The largest absolute Gasteiger partial charge is 0.341 e. The van der Waals surface area contributed by atoms with Crippen LogP contribution in [0.5, 0.6) is 0 Å². The smallest absolute Gasteiger partial charge is 0.250 e. The summed E-state index contributed by atoms with van der Waals surface area (Å²) in [6, 6.07) is 5.48. The predicted molar refractivity (Wildman–Crippen MR) is 88.7 cm³/mol. The summed E-state index contributed by atoms with van der Waals surface area (Å²) in [6.07, 6.45) is 1.45. The van der Waals surface area contributed by atoms with Crippen LogP contribution < -0.4 is 5.56 Å². The van der Waals surface area contributed by atoms with Gasteiger partial charge in [-0.25, -0.2) is 4.98 Å². The molecule has 0 radical (unpaired) electrons. The first-order valence-electron chi connectivity index (χ1n) is 7.98. The van der Waals surface area contributed by atoms with E-state index < -0.39 is 0 Å². The quantitative estimate of drug-likeness (QED) is 0.844. The number of amides is 1. The van der Waals surface area contributed by atoms with E-state index in [2.05, 4.69) is 4.98 Å². The molecule has 0 saturated carbocycles. The summed E-state index contributed by atoms with van der Waals surface area (Å²) >= 11 is 1.58. The molecule has 2 aromatic heterocycles. The molecule has 0 aliphatic carbocycles. The number of hydrogen-bond donors (Lipinski definition) is 0. The Balaban J connectivity index is 1.54. The zero-order valence-corrected chi connectivity index (χ0v) is 13.9. The van der Waals surface area contributed by atoms with Crippen molar-refractivity contribution in [1.29, 1.82) is 0 Å². The fraction of sp³-hybridized carbons (Fsp3) is 0.471. The molecule has 2 aromatic rings. The van der Waals surface area contributed by atoms with Gasteiger partial charge >= 0.3 is 0 Å². The minimum atomic E-state index is 0.0786. The number of hydrogen-bond acceptors (Lipinski definition) is 4. The van der Waals surface area contributed by atoms with Crippen molar-refractivity contribution in [3.05, 3.63) is 50.3 Å². The first-order chi connectivity index (χ1) is 11.1. The highest BCUT2D eigenvalue weighted by Gasteiger charge is 2.36. The van der Waals surface area contributed by atoms with Crippen molar-refractivity contribution in [3.8, 4) is 0 Å². The molecule has 0 aromatic carbocycles. The number of nitrogens with zero attached hydrogens (tertiary/aromatic N) is 3. The van der Waals surface area contributed by atoms with Crippen LogP contribution >= 0.6 is 11.3 Å². The second-order valence-electron chi connectivity index (χ2n) is 6.53. The molecular formula is C17H19N3O2S. The van der Waals surface area contributed by atoms with Gasteiger partial charge in [0.15, 0.2) is 0 Å². The number of piperidine rings is 1. The fourth-order valence-corrected chi connectivity index (χ4v) is 4.47. The fourth-order valence-electron chi connectivity index (χ4n) is 3.86. The number of fused-ring (bicyclic) bond motifs is 4. The first-order valence-corrected chi connectivity index (χ1v) is 8.86. The molecule has 2 bridgehead atoms. The maximum Gasteiger partial charge on any atom is 0.250 e. The SMILES string of the molecule is Cc1nc(CC(=O)N2C[C@H]3C[C@@H](C2)c2cccc(=O)n2C3)cs1. The van der Waals surface area contributed by atoms with Crippen molar-refractivity contribution in [1.82, 2.24) is 14.5 Å². The number of aromatic nitrogens is 2. The van der Waals surface area contributed by atoms with E-state index in [1.54, 1.807) is 17.4 Å². The Morgan fingerprint density at radius 3 is 3.00 bits per heavy atom. The van der Waals surface area contributed by atoms with E-state index in [0.717, 1.165) is 35.9 Å². The molecule has 4 rings (SSSR count). The Morgan fingerprint density at radius 2 is 2.22 bits per heavy atom. The Morgan fingerprint density at radius 1 is 1.35 bits per heavy atom. The van der Waals surface area contributed by atoms with Gasteiger partial charge in [0, 0.05) is 42.7 Å². The van der Waals surface area contributed by atoms with Crippen molar-refractivity contribution >= 4 is 17.2 Å². The summed E-state index contributed by atoms with van der Waals surface area (Å²) < 4.78 is 1.89. The van der Waals surface area contributed by atoms with Gasteiger partial charge in [-0.2, -0.15) is 0 Å². The highest BCUT2D eigenvalue weighted by molar-refractivity contribution is 7.09. The van der Waals surface area contributed by atoms with E-state index in [4.69, 9.17) is 0 Å². The van der Waals surface area contributed by atoms with Crippen molar-refractivity contribution in [2.45, 2.75) is 32.2 Å². The molecule has 2 atom stereocenters. The van der Waals surface area contributed by atoms with E-state index in [-0.39, 0.29) is 17.4 Å². The Kier molecular flexibility index (Phi) is 3.56. The van der Waals surface area contributed by atoms with Gasteiger partial charge in [-0.05, 0) is 25.3 Å². The molecular weight excluding hydrogens is 310 g/mol.